The first kappa shape index (κ1) is 16.0. The number of halogens is 3. The first-order chi connectivity index (χ1) is 9.48. The highest BCUT2D eigenvalue weighted by molar-refractivity contribution is 4.90. The third kappa shape index (κ3) is 5.58. The van der Waals surface area contributed by atoms with Gasteiger partial charge in [-0.2, -0.15) is 13.2 Å². The van der Waals surface area contributed by atoms with E-state index in [1.807, 2.05) is 0 Å². The monoisotopic (exact) mass is 295 g/mol. The van der Waals surface area contributed by atoms with E-state index in [1.165, 1.54) is 12.8 Å². The van der Waals surface area contributed by atoms with Crippen LogP contribution < -0.4 is 5.32 Å². The summed E-state index contributed by atoms with van der Waals surface area (Å²) in [7, 11) is 1.69. The number of methoxy groups -OCH3 is 1. The van der Waals surface area contributed by atoms with Crippen molar-refractivity contribution in [2.24, 2.45) is 5.92 Å². The van der Waals surface area contributed by atoms with Gasteiger partial charge in [-0.1, -0.05) is 0 Å². The first-order valence-corrected chi connectivity index (χ1v) is 7.41. The molecule has 3 unspecified atom stereocenters. The molecule has 0 spiro atoms. The quantitative estimate of drug-likeness (QED) is 0.783. The van der Waals surface area contributed by atoms with E-state index >= 15 is 0 Å². The molecule has 20 heavy (non-hydrogen) atoms. The largest absolute Gasteiger partial charge is 0.411 e. The molecule has 6 heteroatoms. The van der Waals surface area contributed by atoms with E-state index < -0.39 is 12.8 Å². The van der Waals surface area contributed by atoms with Crippen LogP contribution in [0.2, 0.25) is 0 Å². The minimum atomic E-state index is -4.23. The molecule has 2 aliphatic carbocycles. The number of ether oxygens (including phenoxy) is 2. The second-order valence-electron chi connectivity index (χ2n) is 5.98. The fourth-order valence-electron chi connectivity index (χ4n) is 2.96. The van der Waals surface area contributed by atoms with Crippen LogP contribution in [0.1, 0.15) is 38.5 Å². The van der Waals surface area contributed by atoms with Crippen molar-refractivity contribution in [3.63, 3.8) is 0 Å². The Hall–Kier alpha value is -0.330. The van der Waals surface area contributed by atoms with Gasteiger partial charge in [0.25, 0.3) is 0 Å². The van der Waals surface area contributed by atoms with Gasteiger partial charge in [-0.25, -0.2) is 0 Å². The molecule has 0 bridgehead atoms. The van der Waals surface area contributed by atoms with Crippen LogP contribution in [0.5, 0.6) is 0 Å². The normalized spacial score (nSPS) is 29.4. The van der Waals surface area contributed by atoms with Crippen molar-refractivity contribution in [3.05, 3.63) is 0 Å². The third-order valence-electron chi connectivity index (χ3n) is 4.10. The smallest absolute Gasteiger partial charge is 0.383 e. The lowest BCUT2D eigenvalue weighted by molar-refractivity contribution is -0.188. The van der Waals surface area contributed by atoms with Crippen LogP contribution >= 0.6 is 0 Å². The van der Waals surface area contributed by atoms with Crippen molar-refractivity contribution in [1.29, 1.82) is 0 Å². The van der Waals surface area contributed by atoms with Gasteiger partial charge in [-0.15, -0.1) is 0 Å². The van der Waals surface area contributed by atoms with Crippen LogP contribution in [0, 0.1) is 5.92 Å². The standard InChI is InChI=1S/C14H24F3NO2/c1-19-8-13(10-5-6-10)18-11-3-2-4-12(7-11)20-9-14(15,16)17/h10-13,18H,2-9H2,1H3. The Morgan fingerprint density at radius 1 is 1.20 bits per heavy atom. The Morgan fingerprint density at radius 2 is 1.95 bits per heavy atom. The summed E-state index contributed by atoms with van der Waals surface area (Å²) in [6.45, 7) is -0.455. The number of rotatable bonds is 7. The van der Waals surface area contributed by atoms with Crippen molar-refractivity contribution >= 4 is 0 Å². The van der Waals surface area contributed by atoms with E-state index in [0.717, 1.165) is 19.3 Å². The van der Waals surface area contributed by atoms with Crippen molar-refractivity contribution in [1.82, 2.24) is 5.32 Å². The Balaban J connectivity index is 1.74. The van der Waals surface area contributed by atoms with Crippen LogP contribution in [0.25, 0.3) is 0 Å². The molecule has 2 aliphatic rings. The predicted octanol–water partition coefficient (Wildman–Crippen LogP) is 2.89. The summed E-state index contributed by atoms with van der Waals surface area (Å²) in [5.74, 6) is 0.673. The molecule has 2 fully saturated rings. The van der Waals surface area contributed by atoms with Gasteiger partial charge >= 0.3 is 6.18 Å². The molecule has 0 aromatic heterocycles. The van der Waals surface area contributed by atoms with E-state index in [-0.39, 0.29) is 12.1 Å². The molecule has 2 rings (SSSR count). The van der Waals surface area contributed by atoms with Gasteiger partial charge in [0.05, 0.1) is 12.7 Å². The Morgan fingerprint density at radius 3 is 2.55 bits per heavy atom. The molecule has 0 aromatic carbocycles. The topological polar surface area (TPSA) is 30.5 Å². The van der Waals surface area contributed by atoms with E-state index in [0.29, 0.717) is 25.0 Å². The van der Waals surface area contributed by atoms with Crippen LogP contribution in [-0.4, -0.2) is 44.7 Å². The highest BCUT2D eigenvalue weighted by atomic mass is 19.4. The molecule has 0 aliphatic heterocycles. The zero-order chi connectivity index (χ0) is 14.6. The molecule has 118 valence electrons. The highest BCUT2D eigenvalue weighted by Crippen LogP contribution is 2.34. The molecular formula is C14H24F3NO2. The number of hydrogen-bond acceptors (Lipinski definition) is 3. The van der Waals surface area contributed by atoms with Crippen molar-refractivity contribution in [2.45, 2.75) is 62.9 Å². The molecule has 0 radical (unpaired) electrons. The van der Waals surface area contributed by atoms with Gasteiger partial charge in [0.15, 0.2) is 0 Å². The minimum Gasteiger partial charge on any atom is -0.383 e. The zero-order valence-electron chi connectivity index (χ0n) is 11.9. The number of nitrogens with one attached hydrogen (secondary N) is 1. The Kier molecular flexibility index (Phi) is 5.69. The average molecular weight is 295 g/mol. The van der Waals surface area contributed by atoms with Gasteiger partial charge in [-0.3, -0.25) is 0 Å². The SMILES string of the molecule is COCC(NC1CCCC(OCC(F)(F)F)C1)C1CC1. The maximum absolute atomic E-state index is 12.2. The summed E-state index contributed by atoms with van der Waals surface area (Å²) in [5, 5.41) is 3.56. The summed E-state index contributed by atoms with van der Waals surface area (Å²) < 4.78 is 46.7. The van der Waals surface area contributed by atoms with Gasteiger partial charge in [-0.05, 0) is 44.4 Å². The molecule has 3 atom stereocenters. The number of hydrogen-bond donors (Lipinski definition) is 1. The fourth-order valence-corrected chi connectivity index (χ4v) is 2.96. The molecule has 0 amide bonds. The van der Waals surface area contributed by atoms with E-state index in [9.17, 15) is 13.2 Å². The third-order valence-corrected chi connectivity index (χ3v) is 4.10. The Bertz CT molecular complexity index is 295. The second-order valence-corrected chi connectivity index (χ2v) is 5.98. The minimum absolute atomic E-state index is 0.253. The molecular weight excluding hydrogens is 271 g/mol. The van der Waals surface area contributed by atoms with Gasteiger partial charge in [0.2, 0.25) is 0 Å². The first-order valence-electron chi connectivity index (χ1n) is 7.41. The summed E-state index contributed by atoms with van der Waals surface area (Å²) >= 11 is 0. The van der Waals surface area contributed by atoms with Crippen LogP contribution in [0.3, 0.4) is 0 Å². The molecule has 0 heterocycles. The molecule has 2 saturated carbocycles. The predicted molar refractivity (Wildman–Crippen MR) is 69.6 cm³/mol. The van der Waals surface area contributed by atoms with E-state index in [1.54, 1.807) is 7.11 Å². The van der Waals surface area contributed by atoms with Gasteiger partial charge < -0.3 is 14.8 Å². The second kappa shape index (κ2) is 7.09. The molecule has 0 aromatic rings. The van der Waals surface area contributed by atoms with Gasteiger partial charge in [0, 0.05) is 19.2 Å². The maximum Gasteiger partial charge on any atom is 0.411 e. The fraction of sp³-hybridized carbons (Fsp3) is 1.00. The van der Waals surface area contributed by atoms with E-state index in [4.69, 9.17) is 9.47 Å². The van der Waals surface area contributed by atoms with E-state index in [2.05, 4.69) is 5.32 Å². The van der Waals surface area contributed by atoms with Crippen LogP contribution in [0.15, 0.2) is 0 Å². The summed E-state index contributed by atoms with van der Waals surface area (Å²) in [6.07, 6.45) is 1.28. The highest BCUT2D eigenvalue weighted by Gasteiger charge is 2.35. The Labute approximate surface area is 118 Å². The lowest BCUT2D eigenvalue weighted by Crippen LogP contribution is -2.46. The van der Waals surface area contributed by atoms with Crippen LogP contribution in [0.4, 0.5) is 13.2 Å². The lowest BCUT2D eigenvalue weighted by atomic mass is 9.92. The van der Waals surface area contributed by atoms with Crippen molar-refractivity contribution < 1.29 is 22.6 Å². The molecule has 1 N–H and O–H groups in total. The molecule has 3 nitrogen and oxygen atoms in total. The summed E-state index contributed by atoms with van der Waals surface area (Å²) in [5.41, 5.74) is 0. The zero-order valence-corrected chi connectivity index (χ0v) is 11.9. The van der Waals surface area contributed by atoms with Crippen molar-refractivity contribution in [2.75, 3.05) is 20.3 Å². The number of alkyl halides is 3. The average Bonchev–Trinajstić information content (AvgIpc) is 3.20. The molecule has 0 saturated heterocycles. The van der Waals surface area contributed by atoms with Gasteiger partial charge in [0.1, 0.15) is 6.61 Å². The van der Waals surface area contributed by atoms with Crippen LogP contribution in [-0.2, 0) is 9.47 Å². The maximum atomic E-state index is 12.2. The summed E-state index contributed by atoms with van der Waals surface area (Å²) in [6, 6.07) is 0.592. The van der Waals surface area contributed by atoms with Crippen molar-refractivity contribution in [3.8, 4) is 0 Å². The lowest BCUT2D eigenvalue weighted by Gasteiger charge is -2.33. The summed E-state index contributed by atoms with van der Waals surface area (Å²) in [4.78, 5) is 0.